The lowest BCUT2D eigenvalue weighted by atomic mass is 9.75. The molecule has 2 heterocycles. The van der Waals surface area contributed by atoms with Crippen LogP contribution in [0.2, 0.25) is 0 Å². The third-order valence-corrected chi connectivity index (χ3v) is 8.04. The highest BCUT2D eigenvalue weighted by Gasteiger charge is 2.60. The maximum atomic E-state index is 13.1. The van der Waals surface area contributed by atoms with Crippen LogP contribution >= 0.6 is 0 Å². The Balaban J connectivity index is 1.50. The van der Waals surface area contributed by atoms with Crippen molar-refractivity contribution >= 4 is 11.2 Å². The molecule has 2 atom stereocenters. The molecule has 0 radical (unpaired) electrons. The lowest BCUT2D eigenvalue weighted by Gasteiger charge is -2.30. The maximum Gasteiger partial charge on any atom is 0.333 e. The van der Waals surface area contributed by atoms with Gasteiger partial charge >= 0.3 is 5.69 Å². The van der Waals surface area contributed by atoms with Gasteiger partial charge in [0.05, 0.1) is 0 Å². The van der Waals surface area contributed by atoms with Crippen LogP contribution in [-0.4, -0.2) is 19.1 Å². The van der Waals surface area contributed by atoms with E-state index in [2.05, 4.69) is 4.98 Å². The number of fused-ring (bicyclic) bond motifs is 1. The molecule has 6 aliphatic rings. The van der Waals surface area contributed by atoms with E-state index < -0.39 is 0 Å². The Morgan fingerprint density at radius 1 is 0.923 bits per heavy atom. The lowest BCUT2D eigenvalue weighted by molar-refractivity contribution is 0.262. The third-order valence-electron chi connectivity index (χ3n) is 8.04. The minimum atomic E-state index is -0.141. The molecular formula is C20H24N4O2. The zero-order chi connectivity index (χ0) is 17.2. The summed E-state index contributed by atoms with van der Waals surface area (Å²) >= 11 is 0. The van der Waals surface area contributed by atoms with Crippen molar-refractivity contribution < 1.29 is 0 Å². The van der Waals surface area contributed by atoms with Crippen LogP contribution in [0.4, 0.5) is 0 Å². The predicted molar refractivity (Wildman–Crippen MR) is 96.4 cm³/mol. The topological polar surface area (TPSA) is 72.7 Å². The summed E-state index contributed by atoms with van der Waals surface area (Å²) in [7, 11) is 0. The monoisotopic (exact) mass is 352 g/mol. The standard InChI is InChI=1S/C20H24N4O2/c25-17-15-16(23(13-1-2-13)19(26)24(17)14-3-4-14)22-18(21-15)20-8-10-5-11(9-20)7-12(20)6-10/h10-14H,1-9H2,(H,21,22). The number of nitrogens with one attached hydrogen (secondary N) is 1. The van der Waals surface area contributed by atoms with Crippen LogP contribution in [0.1, 0.15) is 75.7 Å². The number of aromatic nitrogens is 4. The normalized spacial score (nSPS) is 37.9. The van der Waals surface area contributed by atoms with Crippen LogP contribution in [0.15, 0.2) is 9.59 Å². The van der Waals surface area contributed by atoms with Gasteiger partial charge in [0.2, 0.25) is 0 Å². The number of aromatic amines is 1. The first kappa shape index (κ1) is 14.2. The Bertz CT molecular complexity index is 1050. The fraction of sp³-hybridized carbons (Fsp3) is 0.750. The average Bonchev–Trinajstić information content (AvgIpc) is 3.51. The summed E-state index contributed by atoms with van der Waals surface area (Å²) in [5, 5.41) is 0. The number of rotatable bonds is 3. The number of hydrogen-bond donors (Lipinski definition) is 1. The van der Waals surface area contributed by atoms with Crippen molar-refractivity contribution in [2.75, 3.05) is 0 Å². The Kier molecular flexibility index (Phi) is 2.38. The molecule has 1 N–H and O–H groups in total. The molecule has 0 aliphatic heterocycles. The van der Waals surface area contributed by atoms with Crippen LogP contribution < -0.4 is 11.2 Å². The average molecular weight is 352 g/mol. The summed E-state index contributed by atoms with van der Waals surface area (Å²) < 4.78 is 3.35. The molecule has 0 spiro atoms. The van der Waals surface area contributed by atoms with Crippen molar-refractivity contribution in [3.63, 3.8) is 0 Å². The van der Waals surface area contributed by atoms with E-state index in [4.69, 9.17) is 4.98 Å². The van der Waals surface area contributed by atoms with E-state index in [1.807, 2.05) is 4.57 Å². The molecule has 0 saturated heterocycles. The van der Waals surface area contributed by atoms with Gasteiger partial charge in [-0.05, 0) is 75.5 Å². The van der Waals surface area contributed by atoms with Gasteiger partial charge in [0.15, 0.2) is 5.65 Å². The molecule has 26 heavy (non-hydrogen) atoms. The van der Waals surface area contributed by atoms with Crippen molar-refractivity contribution in [1.29, 1.82) is 0 Å². The van der Waals surface area contributed by atoms with Crippen LogP contribution in [0, 0.1) is 17.8 Å². The third kappa shape index (κ3) is 1.62. The van der Waals surface area contributed by atoms with Crippen LogP contribution in [-0.2, 0) is 5.41 Å². The molecule has 6 heteroatoms. The fourth-order valence-corrected chi connectivity index (χ4v) is 6.84. The first-order valence-electron chi connectivity index (χ1n) is 10.4. The van der Waals surface area contributed by atoms with Gasteiger partial charge in [-0.15, -0.1) is 0 Å². The van der Waals surface area contributed by atoms with Crippen molar-refractivity contribution in [3.8, 4) is 0 Å². The SMILES string of the molecule is O=c1c2[nH]c(C34CC5CC(CC3C5)C4)nc2n(C2CC2)c(=O)n1C1CC1. The number of imidazole rings is 1. The van der Waals surface area contributed by atoms with Crippen molar-refractivity contribution in [1.82, 2.24) is 19.1 Å². The summed E-state index contributed by atoms with van der Waals surface area (Å²) in [5.74, 6) is 3.42. The van der Waals surface area contributed by atoms with Crippen molar-refractivity contribution in [3.05, 3.63) is 26.7 Å². The highest BCUT2D eigenvalue weighted by atomic mass is 16.2. The molecule has 0 amide bonds. The van der Waals surface area contributed by atoms with Gasteiger partial charge in [0, 0.05) is 17.5 Å². The second-order valence-corrected chi connectivity index (χ2v) is 9.77. The molecule has 4 bridgehead atoms. The molecule has 6 nitrogen and oxygen atoms in total. The molecule has 6 fully saturated rings. The van der Waals surface area contributed by atoms with Gasteiger partial charge in [-0.1, -0.05) is 0 Å². The van der Waals surface area contributed by atoms with E-state index in [0.29, 0.717) is 11.2 Å². The first-order chi connectivity index (χ1) is 12.6. The molecule has 6 saturated carbocycles. The van der Waals surface area contributed by atoms with Crippen LogP contribution in [0.3, 0.4) is 0 Å². The van der Waals surface area contributed by atoms with E-state index in [1.165, 1.54) is 36.7 Å². The molecule has 2 unspecified atom stereocenters. The molecule has 2 aromatic rings. The van der Waals surface area contributed by atoms with Crippen molar-refractivity contribution in [2.45, 2.75) is 75.3 Å². The summed E-state index contributed by atoms with van der Waals surface area (Å²) in [6, 6.07) is 0.341. The molecule has 2 aromatic heterocycles. The zero-order valence-corrected chi connectivity index (χ0v) is 14.9. The quantitative estimate of drug-likeness (QED) is 0.923. The fourth-order valence-electron chi connectivity index (χ4n) is 6.84. The predicted octanol–water partition coefficient (Wildman–Crippen LogP) is 2.63. The minimum Gasteiger partial charge on any atom is -0.336 e. The summed E-state index contributed by atoms with van der Waals surface area (Å²) in [5.41, 5.74) is 1.10. The Hall–Kier alpha value is -1.85. The van der Waals surface area contributed by atoms with E-state index >= 15 is 0 Å². The summed E-state index contributed by atoms with van der Waals surface area (Å²) in [4.78, 5) is 34.6. The van der Waals surface area contributed by atoms with E-state index in [-0.39, 0.29) is 28.7 Å². The molecule has 6 aliphatic carbocycles. The van der Waals surface area contributed by atoms with Gasteiger partial charge < -0.3 is 4.98 Å². The van der Waals surface area contributed by atoms with E-state index in [1.54, 1.807) is 0 Å². The Morgan fingerprint density at radius 3 is 2.23 bits per heavy atom. The largest absolute Gasteiger partial charge is 0.336 e. The Morgan fingerprint density at radius 2 is 1.58 bits per heavy atom. The van der Waals surface area contributed by atoms with Crippen LogP contribution in [0.5, 0.6) is 0 Å². The van der Waals surface area contributed by atoms with Gasteiger partial charge in [0.1, 0.15) is 11.3 Å². The van der Waals surface area contributed by atoms with E-state index in [9.17, 15) is 9.59 Å². The molecule has 0 aromatic carbocycles. The van der Waals surface area contributed by atoms with Gasteiger partial charge in [-0.25, -0.2) is 9.78 Å². The van der Waals surface area contributed by atoms with E-state index in [0.717, 1.165) is 49.3 Å². The smallest absolute Gasteiger partial charge is 0.333 e. The number of nitrogens with zero attached hydrogens (tertiary/aromatic N) is 3. The minimum absolute atomic E-state index is 0.104. The van der Waals surface area contributed by atoms with Gasteiger partial charge in [-0.2, -0.15) is 0 Å². The highest BCUT2D eigenvalue weighted by Crippen LogP contribution is 2.65. The second-order valence-electron chi connectivity index (χ2n) is 9.77. The second kappa shape index (κ2) is 4.34. The summed E-state index contributed by atoms with van der Waals surface area (Å²) in [6.45, 7) is 0. The molecule has 136 valence electrons. The molecule has 8 rings (SSSR count). The van der Waals surface area contributed by atoms with Gasteiger partial charge in [-0.3, -0.25) is 13.9 Å². The van der Waals surface area contributed by atoms with Crippen molar-refractivity contribution in [2.24, 2.45) is 17.8 Å². The lowest BCUT2D eigenvalue weighted by Crippen LogP contribution is -2.39. The maximum absolute atomic E-state index is 13.1. The number of hydrogen-bond acceptors (Lipinski definition) is 3. The zero-order valence-electron chi connectivity index (χ0n) is 14.9. The van der Waals surface area contributed by atoms with Crippen LogP contribution in [0.25, 0.3) is 11.2 Å². The highest BCUT2D eigenvalue weighted by molar-refractivity contribution is 5.71. The first-order valence-corrected chi connectivity index (χ1v) is 10.4. The number of H-pyrrole nitrogens is 1. The van der Waals surface area contributed by atoms with Gasteiger partial charge in [0.25, 0.3) is 5.56 Å². The Labute approximate surface area is 150 Å². The molecular weight excluding hydrogens is 328 g/mol. The summed E-state index contributed by atoms with van der Waals surface area (Å²) in [6.07, 6.45) is 10.4.